The van der Waals surface area contributed by atoms with Gasteiger partial charge in [0.05, 0.1) is 65.4 Å². The van der Waals surface area contributed by atoms with Crippen LogP contribution in [0.15, 0.2) is 0 Å². The third kappa shape index (κ3) is 30.9. The number of rotatable bonds is 29. The van der Waals surface area contributed by atoms with Gasteiger partial charge < -0.3 is 51.5 Å². The molecule has 0 saturated carbocycles. The first kappa shape index (κ1) is 62.4. The lowest BCUT2D eigenvalue weighted by molar-refractivity contribution is -0.141. The minimum Gasteiger partial charge on any atom is -0.480 e. The molecule has 72 heavy (non-hydrogen) atoms. The number of carboxylic acids is 8. The van der Waals surface area contributed by atoms with Crippen molar-refractivity contribution in [2.24, 2.45) is 0 Å². The van der Waals surface area contributed by atoms with E-state index >= 15 is 0 Å². The van der Waals surface area contributed by atoms with Crippen LogP contribution < -0.4 is 10.6 Å². The monoisotopic (exact) mass is 1030 g/mol. The maximum absolute atomic E-state index is 13.2. The van der Waals surface area contributed by atoms with Crippen LogP contribution >= 0.6 is 0 Å². The number of amides is 2. The standard InChI is InChI=1S/C42H74N12O18/c55-33(43-1-3-45-5-9-47(25-35(57)58)13-17-51(29-39(65)66)18-14-48(10-6-45)26-36(59)60)23-53(31-41(69)70)21-22-54(32-42(71)72)24-34(56)44-2-4-46-7-11-49(27-37(61)62)15-19-52(30-40(67)68)20-16-50(12-8-46)28-38(63)64/h1-32H2,(H,43,55)(H,44,56)(H,57,58)(H,59,60)(H,61,62)(H,63,64)(H,65,66)(H,67,68)(H,69,70)(H,71,72). The summed E-state index contributed by atoms with van der Waals surface area (Å²) in [6.45, 7) is 0.677. The van der Waals surface area contributed by atoms with E-state index in [1.165, 1.54) is 9.80 Å². The summed E-state index contributed by atoms with van der Waals surface area (Å²) in [4.78, 5) is 136. The Labute approximate surface area is 416 Å². The molecule has 0 bridgehead atoms. The van der Waals surface area contributed by atoms with Crippen molar-refractivity contribution in [3.05, 3.63) is 0 Å². The molecule has 2 saturated heterocycles. The fourth-order valence-corrected chi connectivity index (χ4v) is 8.02. The highest BCUT2D eigenvalue weighted by molar-refractivity contribution is 5.80. The normalized spacial score (nSPS) is 18.0. The van der Waals surface area contributed by atoms with E-state index in [9.17, 15) is 88.8 Å². The van der Waals surface area contributed by atoms with E-state index in [2.05, 4.69) is 10.6 Å². The molecule has 0 aromatic rings. The van der Waals surface area contributed by atoms with Crippen molar-refractivity contribution in [1.82, 2.24) is 59.6 Å². The quantitative estimate of drug-likeness (QED) is 0.0333. The molecule has 2 aliphatic rings. The lowest BCUT2D eigenvalue weighted by Crippen LogP contribution is -2.50. The fraction of sp³-hybridized carbons (Fsp3) is 0.762. The number of aliphatic carboxylic acids is 8. The highest BCUT2D eigenvalue weighted by Gasteiger charge is 2.24. The van der Waals surface area contributed by atoms with Gasteiger partial charge in [0.1, 0.15) is 0 Å². The van der Waals surface area contributed by atoms with E-state index in [1.54, 1.807) is 29.4 Å². The number of carbonyl (C=O) groups excluding carboxylic acids is 2. The van der Waals surface area contributed by atoms with Gasteiger partial charge in [-0.15, -0.1) is 0 Å². The predicted molar refractivity (Wildman–Crippen MR) is 252 cm³/mol. The first-order chi connectivity index (χ1) is 34.0. The van der Waals surface area contributed by atoms with E-state index in [1.807, 2.05) is 9.80 Å². The van der Waals surface area contributed by atoms with Crippen molar-refractivity contribution in [2.45, 2.75) is 0 Å². The molecule has 0 atom stereocenters. The Hall–Kier alpha value is -5.70. The molecule has 0 aromatic carbocycles. The molecule has 2 amide bonds. The molecule has 0 aliphatic carbocycles. The number of carboxylic acid groups (broad SMARTS) is 8. The van der Waals surface area contributed by atoms with E-state index in [0.717, 1.165) is 0 Å². The van der Waals surface area contributed by atoms with Gasteiger partial charge in [-0.1, -0.05) is 0 Å². The molecule has 2 aliphatic heterocycles. The third-order valence-corrected chi connectivity index (χ3v) is 11.7. The Balaban J connectivity index is 2.04. The van der Waals surface area contributed by atoms with Crippen LogP contribution in [0.1, 0.15) is 0 Å². The van der Waals surface area contributed by atoms with Crippen LogP contribution in [-0.2, 0) is 47.9 Å². The fourth-order valence-electron chi connectivity index (χ4n) is 8.02. The summed E-state index contributed by atoms with van der Waals surface area (Å²) < 4.78 is 0. The lowest BCUT2D eigenvalue weighted by Gasteiger charge is -2.33. The van der Waals surface area contributed by atoms with Gasteiger partial charge in [-0.05, 0) is 0 Å². The number of nitrogens with zero attached hydrogens (tertiary/aromatic N) is 10. The summed E-state index contributed by atoms with van der Waals surface area (Å²) >= 11 is 0. The molecule has 2 fully saturated rings. The molecule has 0 radical (unpaired) electrons. The van der Waals surface area contributed by atoms with Gasteiger partial charge in [0.15, 0.2) is 0 Å². The highest BCUT2D eigenvalue weighted by Crippen LogP contribution is 2.04. The van der Waals surface area contributed by atoms with Gasteiger partial charge in [-0.2, -0.15) is 0 Å². The van der Waals surface area contributed by atoms with Crippen molar-refractivity contribution in [3.63, 3.8) is 0 Å². The summed E-state index contributed by atoms with van der Waals surface area (Å²) in [5, 5.41) is 81.5. The van der Waals surface area contributed by atoms with Gasteiger partial charge >= 0.3 is 47.8 Å². The minimum absolute atomic E-state index is 0.0707. The Morgan fingerprint density at radius 1 is 0.292 bits per heavy atom. The molecule has 30 nitrogen and oxygen atoms in total. The second-order valence-electron chi connectivity index (χ2n) is 17.6. The van der Waals surface area contributed by atoms with Crippen molar-refractivity contribution in [1.29, 1.82) is 0 Å². The van der Waals surface area contributed by atoms with Crippen molar-refractivity contribution < 1.29 is 88.8 Å². The van der Waals surface area contributed by atoms with Crippen molar-refractivity contribution in [3.8, 4) is 0 Å². The van der Waals surface area contributed by atoms with Crippen LogP contribution in [0.5, 0.6) is 0 Å². The Morgan fingerprint density at radius 3 is 0.667 bits per heavy atom. The highest BCUT2D eigenvalue weighted by atomic mass is 16.4. The topological polar surface area (TPSA) is 389 Å². The first-order valence-electron chi connectivity index (χ1n) is 23.6. The zero-order valence-corrected chi connectivity index (χ0v) is 40.8. The van der Waals surface area contributed by atoms with Crippen LogP contribution in [0.2, 0.25) is 0 Å². The smallest absolute Gasteiger partial charge is 0.317 e. The first-order valence-corrected chi connectivity index (χ1v) is 23.6. The van der Waals surface area contributed by atoms with Crippen LogP contribution in [0, 0.1) is 0 Å². The zero-order valence-electron chi connectivity index (χ0n) is 40.8. The summed E-state index contributed by atoms with van der Waals surface area (Å²) in [6, 6.07) is 0. The van der Waals surface area contributed by atoms with E-state index in [4.69, 9.17) is 0 Å². The SMILES string of the molecule is O=C(O)CN1CCN(CCNC(=O)CN(CCN(CC(=O)O)CC(=O)NCCN2CCN(CC(=O)O)CCN(CC(=O)O)CCN(CC(=O)O)CC2)CC(=O)O)CCN(CC(=O)O)CCN(CC(=O)O)CC1. The van der Waals surface area contributed by atoms with Crippen LogP contribution in [0.3, 0.4) is 0 Å². The average molecular weight is 1040 g/mol. The van der Waals surface area contributed by atoms with E-state index < -0.39 is 85.7 Å². The zero-order chi connectivity index (χ0) is 53.6. The van der Waals surface area contributed by atoms with E-state index in [-0.39, 0.29) is 157 Å². The van der Waals surface area contributed by atoms with Gasteiger partial charge in [0.2, 0.25) is 11.8 Å². The van der Waals surface area contributed by atoms with Crippen molar-refractivity contribution >= 4 is 59.6 Å². The largest absolute Gasteiger partial charge is 0.480 e. The van der Waals surface area contributed by atoms with Gasteiger partial charge in [0.25, 0.3) is 0 Å². The third-order valence-electron chi connectivity index (χ3n) is 11.7. The Morgan fingerprint density at radius 2 is 0.486 bits per heavy atom. The average Bonchev–Trinajstić information content (AvgIpc) is 3.25. The molecular weight excluding hydrogens is 961 g/mol. The van der Waals surface area contributed by atoms with Crippen LogP contribution in [0.4, 0.5) is 0 Å². The molecular formula is C42H74N12O18. The van der Waals surface area contributed by atoms with Crippen LogP contribution in [-0.4, -0.2) is 359 Å². The Bertz CT molecular complexity index is 1600. The van der Waals surface area contributed by atoms with Crippen molar-refractivity contribution in [2.75, 3.05) is 209 Å². The number of hydrogen-bond donors (Lipinski definition) is 10. The molecule has 410 valence electrons. The molecule has 0 spiro atoms. The molecule has 2 heterocycles. The molecule has 0 unspecified atom stereocenters. The van der Waals surface area contributed by atoms with Gasteiger partial charge in [-0.3, -0.25) is 96.9 Å². The number of hydrogen-bond acceptors (Lipinski definition) is 20. The van der Waals surface area contributed by atoms with Gasteiger partial charge in [0, 0.05) is 144 Å². The van der Waals surface area contributed by atoms with Gasteiger partial charge in [-0.25, -0.2) is 0 Å². The van der Waals surface area contributed by atoms with Crippen LogP contribution in [0.25, 0.3) is 0 Å². The van der Waals surface area contributed by atoms with E-state index in [0.29, 0.717) is 26.2 Å². The predicted octanol–water partition coefficient (Wildman–Crippen LogP) is -7.06. The molecule has 30 heteroatoms. The maximum atomic E-state index is 13.2. The number of nitrogens with one attached hydrogen (secondary N) is 2. The number of carbonyl (C=O) groups is 10. The minimum atomic E-state index is -1.27. The molecule has 2 rings (SSSR count). The summed E-state index contributed by atoms with van der Waals surface area (Å²) in [7, 11) is 0. The maximum Gasteiger partial charge on any atom is 0.317 e. The summed E-state index contributed by atoms with van der Waals surface area (Å²) in [6.07, 6.45) is 0. The Kier molecular flexibility index (Phi) is 30.0. The molecule has 10 N–H and O–H groups in total. The lowest BCUT2D eigenvalue weighted by atomic mass is 10.3. The second kappa shape index (κ2) is 34.6. The summed E-state index contributed by atoms with van der Waals surface area (Å²) in [5.74, 6) is -10.1. The molecule has 0 aromatic heterocycles. The summed E-state index contributed by atoms with van der Waals surface area (Å²) in [5.41, 5.74) is 0. The second-order valence-corrected chi connectivity index (χ2v) is 17.6.